The molecule has 3 aromatic carbocycles. The molecule has 2 aliphatic rings. The SMILES string of the molecule is CN(/C=C/C1=C(Cl)C(=O)c2ccccc2C1=O)CCCN1c2ccccc2CCc2ccccc21. The van der Waals surface area contributed by atoms with Crippen molar-refractivity contribution in [1.29, 1.82) is 0 Å². The molecule has 5 heteroatoms. The Hall–Kier alpha value is -3.63. The van der Waals surface area contributed by atoms with E-state index in [-0.39, 0.29) is 22.2 Å². The van der Waals surface area contributed by atoms with Crippen molar-refractivity contribution in [1.82, 2.24) is 4.90 Å². The molecule has 0 saturated carbocycles. The zero-order valence-electron chi connectivity index (χ0n) is 19.7. The Balaban J connectivity index is 1.28. The number of rotatable bonds is 6. The van der Waals surface area contributed by atoms with E-state index in [4.69, 9.17) is 11.6 Å². The van der Waals surface area contributed by atoms with E-state index in [0.717, 1.165) is 32.4 Å². The minimum Gasteiger partial charge on any atom is -0.380 e. The average Bonchev–Trinajstić information content (AvgIpc) is 3.04. The van der Waals surface area contributed by atoms with E-state index in [9.17, 15) is 9.59 Å². The summed E-state index contributed by atoms with van der Waals surface area (Å²) in [4.78, 5) is 30.0. The third-order valence-electron chi connectivity index (χ3n) is 6.71. The van der Waals surface area contributed by atoms with Crippen LogP contribution in [0.2, 0.25) is 0 Å². The molecule has 0 atom stereocenters. The fourth-order valence-electron chi connectivity index (χ4n) is 4.88. The lowest BCUT2D eigenvalue weighted by atomic mass is 9.89. The fourth-order valence-corrected chi connectivity index (χ4v) is 5.13. The highest BCUT2D eigenvalue weighted by Gasteiger charge is 2.29. The summed E-state index contributed by atoms with van der Waals surface area (Å²) >= 11 is 6.29. The van der Waals surface area contributed by atoms with Crippen molar-refractivity contribution in [3.05, 3.63) is 118 Å². The van der Waals surface area contributed by atoms with Gasteiger partial charge in [-0.25, -0.2) is 0 Å². The van der Waals surface area contributed by atoms with Gasteiger partial charge in [0.2, 0.25) is 5.78 Å². The van der Waals surface area contributed by atoms with Crippen LogP contribution in [0.15, 0.2) is 95.7 Å². The number of aryl methyl sites for hydroxylation is 2. The predicted octanol–water partition coefficient (Wildman–Crippen LogP) is 6.33. The normalized spacial score (nSPS) is 15.1. The van der Waals surface area contributed by atoms with Gasteiger partial charge < -0.3 is 9.80 Å². The van der Waals surface area contributed by atoms with Gasteiger partial charge in [-0.15, -0.1) is 0 Å². The van der Waals surface area contributed by atoms with Crippen molar-refractivity contribution in [2.24, 2.45) is 0 Å². The Morgan fingerprint density at radius 2 is 1.37 bits per heavy atom. The number of hydrogen-bond acceptors (Lipinski definition) is 4. The first-order valence-electron chi connectivity index (χ1n) is 11.9. The summed E-state index contributed by atoms with van der Waals surface area (Å²) < 4.78 is 0. The first-order valence-corrected chi connectivity index (χ1v) is 12.3. The number of hydrogen-bond donors (Lipinski definition) is 0. The zero-order valence-corrected chi connectivity index (χ0v) is 20.5. The molecule has 3 aromatic rings. The molecule has 0 bridgehead atoms. The monoisotopic (exact) mass is 482 g/mol. The van der Waals surface area contributed by atoms with E-state index in [1.165, 1.54) is 22.5 Å². The standard InChI is InChI=1S/C30H27ClN2O2/c1-32(20-17-25-28(31)30(35)24-12-5-4-11-23(24)29(25)34)18-8-19-33-26-13-6-2-9-21(26)15-16-22-10-3-7-14-27(22)33/h2-7,9-14,17,20H,8,15-16,18-19H2,1H3/b20-17+. The van der Waals surface area contributed by atoms with Gasteiger partial charge in [-0.3, -0.25) is 9.59 Å². The van der Waals surface area contributed by atoms with Crippen molar-refractivity contribution >= 4 is 34.5 Å². The summed E-state index contributed by atoms with van der Waals surface area (Å²) in [6, 6.07) is 24.1. The van der Waals surface area contributed by atoms with Gasteiger partial charge >= 0.3 is 0 Å². The molecule has 0 radical (unpaired) electrons. The van der Waals surface area contributed by atoms with Gasteiger partial charge in [0.15, 0.2) is 5.78 Å². The van der Waals surface area contributed by atoms with E-state index in [1.807, 2.05) is 18.1 Å². The van der Waals surface area contributed by atoms with Gasteiger partial charge in [0.05, 0.1) is 5.03 Å². The van der Waals surface area contributed by atoms with Crippen molar-refractivity contribution < 1.29 is 9.59 Å². The summed E-state index contributed by atoms with van der Waals surface area (Å²) in [5, 5.41) is -0.0175. The molecule has 0 N–H and O–H groups in total. The van der Waals surface area contributed by atoms with Gasteiger partial charge in [-0.05, 0) is 54.8 Å². The molecule has 0 saturated heterocycles. The molecule has 0 unspecified atom stereocenters. The van der Waals surface area contributed by atoms with Crippen LogP contribution in [0.25, 0.3) is 0 Å². The molecule has 4 nitrogen and oxygen atoms in total. The van der Waals surface area contributed by atoms with Gasteiger partial charge in [0.1, 0.15) is 0 Å². The van der Waals surface area contributed by atoms with Crippen molar-refractivity contribution in [3.8, 4) is 0 Å². The Labute approximate surface area is 211 Å². The number of anilines is 2. The van der Waals surface area contributed by atoms with Crippen molar-refractivity contribution in [3.63, 3.8) is 0 Å². The molecule has 35 heavy (non-hydrogen) atoms. The Bertz CT molecular complexity index is 1310. The van der Waals surface area contributed by atoms with Crippen molar-refractivity contribution in [2.45, 2.75) is 19.3 Å². The number of nitrogens with zero attached hydrogens (tertiary/aromatic N) is 2. The highest BCUT2D eigenvalue weighted by Crippen LogP contribution is 2.36. The molecule has 5 rings (SSSR count). The molecule has 1 aliphatic carbocycles. The second-order valence-corrected chi connectivity index (χ2v) is 9.37. The van der Waals surface area contributed by atoms with Crippen LogP contribution in [0, 0.1) is 0 Å². The lowest BCUT2D eigenvalue weighted by molar-refractivity contribution is 0.0983. The maximum atomic E-state index is 12.9. The third-order valence-corrected chi connectivity index (χ3v) is 7.09. The van der Waals surface area contributed by atoms with Crippen LogP contribution in [0.3, 0.4) is 0 Å². The number of Topliss-reactive ketones (excluding diaryl/α,β-unsaturated/α-hetero) is 2. The zero-order chi connectivity index (χ0) is 24.4. The maximum Gasteiger partial charge on any atom is 0.205 e. The topological polar surface area (TPSA) is 40.6 Å². The number of carbonyl (C=O) groups excluding carboxylic acids is 2. The molecule has 176 valence electrons. The summed E-state index contributed by atoms with van der Waals surface area (Å²) in [7, 11) is 1.97. The largest absolute Gasteiger partial charge is 0.380 e. The number of allylic oxidation sites excluding steroid dienone is 3. The van der Waals surface area contributed by atoms with E-state index < -0.39 is 0 Å². The van der Waals surface area contributed by atoms with Crippen LogP contribution in [-0.4, -0.2) is 36.6 Å². The molecule has 0 fully saturated rings. The highest BCUT2D eigenvalue weighted by molar-refractivity contribution is 6.50. The Morgan fingerprint density at radius 3 is 2.00 bits per heavy atom. The molecule has 1 aliphatic heterocycles. The van der Waals surface area contributed by atoms with Crippen LogP contribution >= 0.6 is 11.6 Å². The number of carbonyl (C=O) groups is 2. The first-order chi connectivity index (χ1) is 17.0. The van der Waals surface area contributed by atoms with Gasteiger partial charge in [-0.1, -0.05) is 72.3 Å². The summed E-state index contributed by atoms with van der Waals surface area (Å²) in [5.41, 5.74) is 6.32. The lowest BCUT2D eigenvalue weighted by Crippen LogP contribution is -2.24. The minimum absolute atomic E-state index is 0.0175. The minimum atomic E-state index is -0.303. The van der Waals surface area contributed by atoms with E-state index >= 15 is 0 Å². The highest BCUT2D eigenvalue weighted by atomic mass is 35.5. The molecule has 1 heterocycles. The number of para-hydroxylation sites is 2. The molecular formula is C30H27ClN2O2. The summed E-state index contributed by atoms with van der Waals surface area (Å²) in [6.45, 7) is 1.67. The van der Waals surface area contributed by atoms with Gasteiger partial charge in [-0.2, -0.15) is 0 Å². The van der Waals surface area contributed by atoms with E-state index in [0.29, 0.717) is 11.1 Å². The van der Waals surface area contributed by atoms with E-state index in [1.54, 1.807) is 30.3 Å². The van der Waals surface area contributed by atoms with Crippen LogP contribution < -0.4 is 4.90 Å². The van der Waals surface area contributed by atoms with Crippen LogP contribution in [0.4, 0.5) is 11.4 Å². The molecule has 0 aromatic heterocycles. The lowest BCUT2D eigenvalue weighted by Gasteiger charge is -2.28. The van der Waals surface area contributed by atoms with Crippen LogP contribution in [0.1, 0.15) is 38.3 Å². The van der Waals surface area contributed by atoms with Crippen molar-refractivity contribution in [2.75, 3.05) is 25.0 Å². The van der Waals surface area contributed by atoms with Gasteiger partial charge in [0.25, 0.3) is 0 Å². The van der Waals surface area contributed by atoms with Gasteiger partial charge in [0, 0.05) is 48.2 Å². The Kier molecular flexibility index (Phi) is 6.56. The summed E-state index contributed by atoms with van der Waals surface area (Å²) in [6.07, 6.45) is 6.50. The van der Waals surface area contributed by atoms with E-state index in [2.05, 4.69) is 53.4 Å². The predicted molar refractivity (Wildman–Crippen MR) is 142 cm³/mol. The second kappa shape index (κ2) is 9.93. The Morgan fingerprint density at radius 1 is 0.829 bits per heavy atom. The average molecular weight is 483 g/mol. The summed E-state index contributed by atoms with van der Waals surface area (Å²) in [5.74, 6) is -0.518. The fraction of sp³-hybridized carbons (Fsp3) is 0.200. The number of ketones is 2. The second-order valence-electron chi connectivity index (χ2n) is 8.99. The number of halogens is 1. The quantitative estimate of drug-likeness (QED) is 0.411. The molecule has 0 spiro atoms. The maximum absolute atomic E-state index is 12.9. The smallest absolute Gasteiger partial charge is 0.205 e. The van der Waals surface area contributed by atoms with Crippen LogP contribution in [-0.2, 0) is 12.8 Å². The van der Waals surface area contributed by atoms with Crippen LogP contribution in [0.5, 0.6) is 0 Å². The third kappa shape index (κ3) is 4.54. The molecular weight excluding hydrogens is 456 g/mol. The molecule has 0 amide bonds. The first kappa shape index (κ1) is 23.1. The number of fused-ring (bicyclic) bond motifs is 3. The number of benzene rings is 3.